The maximum absolute atomic E-state index is 14.6. The number of nitrogens with zero attached hydrogens (tertiary/aromatic N) is 1. The molecule has 0 bridgehead atoms. The monoisotopic (exact) mass is 581 g/mol. The Morgan fingerprint density at radius 1 is 0.977 bits per heavy atom. The summed E-state index contributed by atoms with van der Waals surface area (Å²) in [4.78, 5) is 43.3. The molecule has 3 aromatic carbocycles. The summed E-state index contributed by atoms with van der Waals surface area (Å²) in [5.41, 5.74) is 1.94. The predicted octanol–water partition coefficient (Wildman–Crippen LogP) is 5.87. The molecule has 8 heteroatoms. The Morgan fingerprint density at radius 3 is 2.16 bits per heavy atom. The Kier molecular flexibility index (Phi) is 10.1. The summed E-state index contributed by atoms with van der Waals surface area (Å²) in [5.74, 6) is 2.51. The molecule has 0 heterocycles. The summed E-state index contributed by atoms with van der Waals surface area (Å²) in [5, 5.41) is 5.79. The molecule has 3 aromatic rings. The van der Waals surface area contributed by atoms with Crippen molar-refractivity contribution in [1.29, 1.82) is 0 Å². The quantitative estimate of drug-likeness (QED) is 0.292. The van der Waals surface area contributed by atoms with Gasteiger partial charge in [-0.05, 0) is 87.6 Å². The summed E-state index contributed by atoms with van der Waals surface area (Å²) >= 11 is 0. The molecule has 224 valence electrons. The van der Waals surface area contributed by atoms with Crippen LogP contribution in [-0.2, 0) is 20.7 Å². The van der Waals surface area contributed by atoms with Gasteiger partial charge < -0.3 is 25.0 Å². The van der Waals surface area contributed by atoms with Crippen LogP contribution in [0.4, 0.5) is 10.5 Å². The number of amides is 3. The van der Waals surface area contributed by atoms with Gasteiger partial charge in [-0.1, -0.05) is 48.4 Å². The summed E-state index contributed by atoms with van der Waals surface area (Å²) < 4.78 is 10.8. The summed E-state index contributed by atoms with van der Waals surface area (Å²) in [7, 11) is 1.57. The van der Waals surface area contributed by atoms with E-state index in [-0.39, 0.29) is 24.3 Å². The van der Waals surface area contributed by atoms with Gasteiger partial charge in [0.05, 0.1) is 7.11 Å². The van der Waals surface area contributed by atoms with Gasteiger partial charge >= 0.3 is 6.09 Å². The standard InChI is InChI=1S/C35H39N3O5/c1-6-24-15-17-26(18-16-24)31(32(39)36-27-19-21-29(42-5)22-20-27)38(28-13-10-14-28)33(40)30(23-25-11-8-7-9-12-25)37-34(41)43-35(2,3)4/h1,7-9,11-12,15-22,28,30-31H,10,13-14,23H2,2-5H3,(H,36,39)(H,37,41). The number of rotatable bonds is 10. The lowest BCUT2D eigenvalue weighted by atomic mass is 9.87. The Morgan fingerprint density at radius 2 is 1.63 bits per heavy atom. The number of carbonyl (C=O) groups excluding carboxylic acids is 3. The Bertz CT molecular complexity index is 1440. The van der Waals surface area contributed by atoms with Gasteiger partial charge in [-0.3, -0.25) is 9.59 Å². The minimum atomic E-state index is -0.981. The van der Waals surface area contributed by atoms with Crippen LogP contribution >= 0.6 is 0 Å². The molecule has 2 N–H and O–H groups in total. The number of anilines is 1. The number of carbonyl (C=O) groups is 3. The second-order valence-electron chi connectivity index (χ2n) is 11.6. The number of alkyl carbamates (subject to hydrolysis) is 1. The lowest BCUT2D eigenvalue weighted by Crippen LogP contribution is -2.57. The fourth-order valence-electron chi connectivity index (χ4n) is 4.95. The summed E-state index contributed by atoms with van der Waals surface area (Å²) in [6.45, 7) is 5.29. The molecular weight excluding hydrogens is 542 g/mol. The number of hydrogen-bond donors (Lipinski definition) is 2. The third-order valence-electron chi connectivity index (χ3n) is 7.27. The average Bonchev–Trinajstić information content (AvgIpc) is 2.95. The van der Waals surface area contributed by atoms with E-state index in [0.717, 1.165) is 24.8 Å². The molecule has 1 fully saturated rings. The molecule has 0 radical (unpaired) electrons. The van der Waals surface area contributed by atoms with Gasteiger partial charge in [-0.15, -0.1) is 6.42 Å². The second-order valence-corrected chi connectivity index (χ2v) is 11.6. The average molecular weight is 582 g/mol. The van der Waals surface area contributed by atoms with Crippen LogP contribution < -0.4 is 15.4 Å². The highest BCUT2D eigenvalue weighted by Crippen LogP contribution is 2.35. The van der Waals surface area contributed by atoms with Gasteiger partial charge in [0.2, 0.25) is 5.91 Å². The van der Waals surface area contributed by atoms with Crippen molar-refractivity contribution in [3.05, 3.63) is 95.6 Å². The molecule has 2 unspecified atom stereocenters. The van der Waals surface area contributed by atoms with E-state index in [9.17, 15) is 14.4 Å². The highest BCUT2D eigenvalue weighted by atomic mass is 16.6. The van der Waals surface area contributed by atoms with Crippen LogP contribution in [0.1, 0.15) is 62.8 Å². The van der Waals surface area contributed by atoms with Crippen molar-refractivity contribution in [3.63, 3.8) is 0 Å². The van der Waals surface area contributed by atoms with Crippen LogP contribution in [0.15, 0.2) is 78.9 Å². The zero-order valence-electron chi connectivity index (χ0n) is 25.1. The SMILES string of the molecule is C#Cc1ccc(C(C(=O)Nc2ccc(OC)cc2)N(C(=O)C(Cc2ccccc2)NC(=O)OC(C)(C)C)C2CCC2)cc1. The number of methoxy groups -OCH3 is 1. The predicted molar refractivity (Wildman–Crippen MR) is 167 cm³/mol. The van der Waals surface area contributed by atoms with Crippen LogP contribution in [-0.4, -0.2) is 47.6 Å². The molecule has 4 rings (SSSR count). The molecular formula is C35H39N3O5. The van der Waals surface area contributed by atoms with Gasteiger partial charge in [0.15, 0.2) is 0 Å². The van der Waals surface area contributed by atoms with Crippen LogP contribution in [0.25, 0.3) is 0 Å². The first kappa shape index (κ1) is 31.2. The minimum Gasteiger partial charge on any atom is -0.497 e. The van der Waals surface area contributed by atoms with Crippen LogP contribution in [0.5, 0.6) is 5.75 Å². The molecule has 0 aliphatic heterocycles. The second kappa shape index (κ2) is 13.9. The normalized spacial score (nSPS) is 14.3. The third-order valence-corrected chi connectivity index (χ3v) is 7.27. The highest BCUT2D eigenvalue weighted by Gasteiger charge is 2.42. The van der Waals surface area contributed by atoms with Crippen molar-refractivity contribution in [2.75, 3.05) is 12.4 Å². The number of benzene rings is 3. The van der Waals surface area contributed by atoms with E-state index in [1.165, 1.54) is 0 Å². The fraction of sp³-hybridized carbons (Fsp3) is 0.343. The first-order chi connectivity index (χ1) is 20.6. The molecule has 43 heavy (non-hydrogen) atoms. The lowest BCUT2D eigenvalue weighted by molar-refractivity contribution is -0.145. The van der Waals surface area contributed by atoms with E-state index in [0.29, 0.717) is 22.6 Å². The fourth-order valence-corrected chi connectivity index (χ4v) is 4.95. The lowest BCUT2D eigenvalue weighted by Gasteiger charge is -2.43. The van der Waals surface area contributed by atoms with E-state index in [1.807, 2.05) is 30.3 Å². The van der Waals surface area contributed by atoms with Crippen molar-refractivity contribution < 1.29 is 23.9 Å². The Labute approximate surface area is 253 Å². The van der Waals surface area contributed by atoms with E-state index in [4.69, 9.17) is 15.9 Å². The largest absolute Gasteiger partial charge is 0.497 e. The Hall–Kier alpha value is -4.77. The molecule has 2 atom stereocenters. The molecule has 1 saturated carbocycles. The molecule has 0 aromatic heterocycles. The first-order valence-corrected chi connectivity index (χ1v) is 14.4. The van der Waals surface area contributed by atoms with Gasteiger partial charge in [-0.25, -0.2) is 4.79 Å². The number of nitrogens with one attached hydrogen (secondary N) is 2. The molecule has 0 saturated heterocycles. The van der Waals surface area contributed by atoms with Gasteiger partial charge in [-0.2, -0.15) is 0 Å². The molecule has 3 amide bonds. The van der Waals surface area contributed by atoms with E-state index in [1.54, 1.807) is 81.3 Å². The molecule has 8 nitrogen and oxygen atoms in total. The van der Waals surface area contributed by atoms with Gasteiger partial charge in [0.25, 0.3) is 5.91 Å². The topological polar surface area (TPSA) is 97.0 Å². The van der Waals surface area contributed by atoms with Crippen molar-refractivity contribution in [1.82, 2.24) is 10.2 Å². The van der Waals surface area contributed by atoms with E-state index < -0.39 is 23.8 Å². The molecule has 1 aliphatic rings. The third kappa shape index (κ3) is 8.39. The first-order valence-electron chi connectivity index (χ1n) is 14.4. The van der Waals surface area contributed by atoms with Gasteiger partial charge in [0, 0.05) is 23.7 Å². The smallest absolute Gasteiger partial charge is 0.408 e. The van der Waals surface area contributed by atoms with Crippen LogP contribution in [0, 0.1) is 12.3 Å². The maximum atomic E-state index is 14.6. The van der Waals surface area contributed by atoms with E-state index in [2.05, 4.69) is 16.6 Å². The number of ether oxygens (including phenoxy) is 2. The summed E-state index contributed by atoms with van der Waals surface area (Å²) in [6, 6.07) is 21.4. The Balaban J connectivity index is 1.73. The van der Waals surface area contributed by atoms with Crippen molar-refractivity contribution >= 4 is 23.6 Å². The summed E-state index contributed by atoms with van der Waals surface area (Å²) in [6.07, 6.45) is 7.53. The van der Waals surface area contributed by atoms with Crippen molar-refractivity contribution in [2.24, 2.45) is 0 Å². The van der Waals surface area contributed by atoms with Crippen molar-refractivity contribution in [3.8, 4) is 18.1 Å². The van der Waals surface area contributed by atoms with E-state index >= 15 is 0 Å². The van der Waals surface area contributed by atoms with Crippen molar-refractivity contribution in [2.45, 2.75) is 70.2 Å². The zero-order valence-corrected chi connectivity index (χ0v) is 25.1. The zero-order chi connectivity index (χ0) is 31.0. The number of terminal acetylenes is 1. The maximum Gasteiger partial charge on any atom is 0.408 e. The minimum absolute atomic E-state index is 0.190. The van der Waals surface area contributed by atoms with Crippen LogP contribution in [0.3, 0.4) is 0 Å². The van der Waals surface area contributed by atoms with Crippen LogP contribution in [0.2, 0.25) is 0 Å². The van der Waals surface area contributed by atoms with Gasteiger partial charge in [0.1, 0.15) is 23.4 Å². The number of hydrogen-bond acceptors (Lipinski definition) is 5. The molecule has 1 aliphatic carbocycles. The molecule has 0 spiro atoms. The highest BCUT2D eigenvalue weighted by molar-refractivity contribution is 5.99.